The topological polar surface area (TPSA) is 80.6 Å². The van der Waals surface area contributed by atoms with Crippen molar-refractivity contribution >= 4 is 26.0 Å². The van der Waals surface area contributed by atoms with Crippen LogP contribution >= 0.6 is 15.9 Å². The first-order valence-corrected chi connectivity index (χ1v) is 9.28. The summed E-state index contributed by atoms with van der Waals surface area (Å²) < 4.78 is 38.2. The molecule has 1 fully saturated rings. The molecule has 1 aromatic rings. The normalized spacial score (nSPS) is 22.2. The number of hydrogen-bond acceptors (Lipinski definition) is 5. The van der Waals surface area contributed by atoms with Gasteiger partial charge in [-0.25, -0.2) is 13.1 Å². The van der Waals surface area contributed by atoms with Gasteiger partial charge < -0.3 is 14.5 Å². The lowest BCUT2D eigenvalue weighted by atomic mass is 9.90. The number of furan rings is 1. The van der Waals surface area contributed by atoms with Crippen molar-refractivity contribution in [1.82, 2.24) is 10.0 Å². The lowest BCUT2D eigenvalue weighted by Gasteiger charge is -2.34. The largest absolute Gasteiger partial charge is 0.452 e. The number of nitrogens with one attached hydrogen (secondary N) is 2. The second-order valence-electron chi connectivity index (χ2n) is 5.17. The average Bonchev–Trinajstić information content (AvgIpc) is 2.76. The minimum atomic E-state index is -3.57. The van der Waals surface area contributed by atoms with Crippen LogP contribution in [0.4, 0.5) is 0 Å². The van der Waals surface area contributed by atoms with Gasteiger partial charge in [-0.15, -0.1) is 0 Å². The molecule has 0 spiro atoms. The lowest BCUT2D eigenvalue weighted by Crippen LogP contribution is -2.47. The molecule has 0 unspecified atom stereocenters. The molecule has 6 nitrogen and oxygen atoms in total. The van der Waals surface area contributed by atoms with Crippen LogP contribution in [0.3, 0.4) is 0 Å². The van der Waals surface area contributed by atoms with E-state index in [0.29, 0.717) is 25.1 Å². The number of halogens is 1. The molecule has 21 heavy (non-hydrogen) atoms. The standard InChI is InChI=1S/C13H21BrN2O4S/c1-3-4-15-8-11-7-12(13(14)20-11)21(17,18)16-9-5-10(6-9)19-2/h7,9-10,15-16H,3-6,8H2,1-2H3. The van der Waals surface area contributed by atoms with Crippen LogP contribution in [0, 0.1) is 0 Å². The molecule has 1 aromatic heterocycles. The minimum absolute atomic E-state index is 0.0663. The molecule has 2 N–H and O–H groups in total. The second kappa shape index (κ2) is 7.23. The molecule has 8 heteroatoms. The maximum absolute atomic E-state index is 12.3. The van der Waals surface area contributed by atoms with Crippen molar-refractivity contribution in [1.29, 1.82) is 0 Å². The van der Waals surface area contributed by atoms with Gasteiger partial charge in [-0.05, 0) is 41.7 Å². The van der Waals surface area contributed by atoms with Gasteiger partial charge in [0.05, 0.1) is 12.6 Å². The first kappa shape index (κ1) is 17.0. The number of ether oxygens (including phenoxy) is 1. The summed E-state index contributed by atoms with van der Waals surface area (Å²) >= 11 is 3.18. The molecule has 0 aliphatic heterocycles. The molecular formula is C13H21BrN2O4S. The van der Waals surface area contributed by atoms with Crippen molar-refractivity contribution in [3.8, 4) is 0 Å². The van der Waals surface area contributed by atoms with E-state index in [1.807, 2.05) is 0 Å². The number of methoxy groups -OCH3 is 1. The van der Waals surface area contributed by atoms with Crippen LogP contribution in [0.5, 0.6) is 0 Å². The van der Waals surface area contributed by atoms with Crippen molar-refractivity contribution in [2.45, 2.75) is 49.8 Å². The Morgan fingerprint density at radius 3 is 2.81 bits per heavy atom. The van der Waals surface area contributed by atoms with Crippen molar-refractivity contribution in [2.75, 3.05) is 13.7 Å². The van der Waals surface area contributed by atoms with Gasteiger partial charge in [0.2, 0.25) is 10.0 Å². The Morgan fingerprint density at radius 1 is 1.48 bits per heavy atom. The highest BCUT2D eigenvalue weighted by molar-refractivity contribution is 9.10. The van der Waals surface area contributed by atoms with Crippen LogP contribution in [0.15, 0.2) is 20.0 Å². The molecular weight excluding hydrogens is 360 g/mol. The number of sulfonamides is 1. The van der Waals surface area contributed by atoms with Crippen LogP contribution in [0.1, 0.15) is 31.9 Å². The van der Waals surface area contributed by atoms with E-state index in [0.717, 1.165) is 13.0 Å². The Kier molecular flexibility index (Phi) is 5.84. The molecule has 0 amide bonds. The van der Waals surface area contributed by atoms with E-state index in [1.54, 1.807) is 13.2 Å². The zero-order chi connectivity index (χ0) is 15.5. The minimum Gasteiger partial charge on any atom is -0.452 e. The fourth-order valence-corrected chi connectivity index (χ4v) is 4.45. The molecule has 0 saturated heterocycles. The Labute approximate surface area is 133 Å². The van der Waals surface area contributed by atoms with E-state index in [1.165, 1.54) is 0 Å². The van der Waals surface area contributed by atoms with E-state index in [9.17, 15) is 8.42 Å². The Morgan fingerprint density at radius 2 is 2.19 bits per heavy atom. The van der Waals surface area contributed by atoms with Gasteiger partial charge in [-0.2, -0.15) is 0 Å². The summed E-state index contributed by atoms with van der Waals surface area (Å²) in [5.41, 5.74) is 0. The van der Waals surface area contributed by atoms with Gasteiger partial charge in [-0.3, -0.25) is 0 Å². The van der Waals surface area contributed by atoms with Crippen molar-refractivity contribution in [2.24, 2.45) is 0 Å². The first-order chi connectivity index (χ1) is 9.96. The van der Waals surface area contributed by atoms with Crippen LogP contribution in [0.25, 0.3) is 0 Å². The predicted molar refractivity (Wildman–Crippen MR) is 82.5 cm³/mol. The van der Waals surface area contributed by atoms with Crippen LogP contribution in [0.2, 0.25) is 0 Å². The molecule has 0 atom stereocenters. The second-order valence-corrected chi connectivity index (χ2v) is 7.58. The Bertz CT molecular complexity index is 567. The fourth-order valence-electron chi connectivity index (χ4n) is 2.19. The lowest BCUT2D eigenvalue weighted by molar-refractivity contribution is 0.0236. The zero-order valence-corrected chi connectivity index (χ0v) is 14.6. The SMILES string of the molecule is CCCNCc1cc(S(=O)(=O)NC2CC(OC)C2)c(Br)o1. The van der Waals surface area contributed by atoms with Gasteiger partial charge in [0.15, 0.2) is 4.67 Å². The molecule has 1 heterocycles. The highest BCUT2D eigenvalue weighted by Gasteiger charge is 2.34. The summed E-state index contributed by atoms with van der Waals surface area (Å²) in [6.07, 6.45) is 2.57. The van der Waals surface area contributed by atoms with Crippen LogP contribution in [-0.4, -0.2) is 34.2 Å². The Balaban J connectivity index is 1.99. The van der Waals surface area contributed by atoms with E-state index < -0.39 is 10.0 Å². The fraction of sp³-hybridized carbons (Fsp3) is 0.692. The third kappa shape index (κ3) is 4.29. The van der Waals surface area contributed by atoms with E-state index in [2.05, 4.69) is 32.9 Å². The molecule has 2 rings (SSSR count). The van der Waals surface area contributed by atoms with Gasteiger partial charge >= 0.3 is 0 Å². The summed E-state index contributed by atoms with van der Waals surface area (Å²) in [6.45, 7) is 3.44. The van der Waals surface area contributed by atoms with Crippen LogP contribution in [-0.2, 0) is 21.3 Å². The van der Waals surface area contributed by atoms with E-state index >= 15 is 0 Å². The van der Waals surface area contributed by atoms with Gasteiger partial charge in [0.1, 0.15) is 10.7 Å². The summed E-state index contributed by atoms with van der Waals surface area (Å²) in [5, 5.41) is 3.17. The predicted octanol–water partition coefficient (Wildman–Crippen LogP) is 2.00. The molecule has 0 radical (unpaired) electrons. The van der Waals surface area contributed by atoms with Crippen molar-refractivity contribution in [3.63, 3.8) is 0 Å². The van der Waals surface area contributed by atoms with E-state index in [4.69, 9.17) is 9.15 Å². The highest BCUT2D eigenvalue weighted by atomic mass is 79.9. The molecule has 1 aliphatic carbocycles. The molecule has 0 bridgehead atoms. The van der Waals surface area contributed by atoms with E-state index in [-0.39, 0.29) is 21.7 Å². The quantitative estimate of drug-likeness (QED) is 0.674. The molecule has 1 aliphatic rings. The van der Waals surface area contributed by atoms with Gasteiger partial charge in [-0.1, -0.05) is 6.92 Å². The van der Waals surface area contributed by atoms with Crippen molar-refractivity contribution < 1.29 is 17.6 Å². The maximum atomic E-state index is 12.3. The summed E-state index contributed by atoms with van der Waals surface area (Å²) in [7, 11) is -1.93. The zero-order valence-electron chi connectivity index (χ0n) is 12.2. The highest BCUT2D eigenvalue weighted by Crippen LogP contribution is 2.29. The smallest absolute Gasteiger partial charge is 0.245 e. The molecule has 0 aromatic carbocycles. The molecule has 1 saturated carbocycles. The Hall–Kier alpha value is -0.410. The van der Waals surface area contributed by atoms with Gasteiger partial charge in [0, 0.05) is 19.2 Å². The summed E-state index contributed by atoms with van der Waals surface area (Å²) in [6, 6.07) is 1.49. The monoisotopic (exact) mass is 380 g/mol. The number of rotatable bonds is 8. The summed E-state index contributed by atoms with van der Waals surface area (Å²) in [5.74, 6) is 0.596. The van der Waals surface area contributed by atoms with Gasteiger partial charge in [0.25, 0.3) is 0 Å². The average molecular weight is 381 g/mol. The third-order valence-corrected chi connectivity index (χ3v) is 5.85. The van der Waals surface area contributed by atoms with Crippen LogP contribution < -0.4 is 10.0 Å². The number of hydrogen-bond donors (Lipinski definition) is 2. The first-order valence-electron chi connectivity index (χ1n) is 7.00. The van der Waals surface area contributed by atoms with Crippen molar-refractivity contribution in [3.05, 3.63) is 16.5 Å². The molecule has 120 valence electrons. The summed E-state index contributed by atoms with van der Waals surface area (Å²) in [4.78, 5) is 0.150. The maximum Gasteiger partial charge on any atom is 0.245 e. The third-order valence-electron chi connectivity index (χ3n) is 3.47.